The molecule has 1 aromatic carbocycles. The fourth-order valence-corrected chi connectivity index (χ4v) is 3.46. The highest BCUT2D eigenvalue weighted by atomic mass is 35.5. The summed E-state index contributed by atoms with van der Waals surface area (Å²) in [5.74, 6) is -0.560. The van der Waals surface area contributed by atoms with Gasteiger partial charge in [-0.05, 0) is 24.3 Å². The van der Waals surface area contributed by atoms with Gasteiger partial charge in [0.25, 0.3) is 5.91 Å². The molecule has 1 amide bonds. The molecule has 2 rings (SSSR count). The zero-order valence-electron chi connectivity index (χ0n) is 12.2. The highest BCUT2D eigenvalue weighted by Gasteiger charge is 2.24. The van der Waals surface area contributed by atoms with Crippen LogP contribution in [0.1, 0.15) is 10.4 Å². The lowest BCUT2D eigenvalue weighted by atomic mass is 10.2. The number of sulfonamides is 1. The van der Waals surface area contributed by atoms with E-state index in [2.05, 4.69) is 10.3 Å². The molecule has 0 spiro atoms. The first-order valence-corrected chi connectivity index (χ1v) is 8.56. The van der Waals surface area contributed by atoms with Gasteiger partial charge in [-0.1, -0.05) is 23.2 Å². The minimum Gasteiger partial charge on any atom is -0.321 e. The Morgan fingerprint density at radius 3 is 2.48 bits per heavy atom. The molecular formula is C14H13Cl2N3O3S. The highest BCUT2D eigenvalue weighted by molar-refractivity contribution is 7.89. The van der Waals surface area contributed by atoms with Crippen molar-refractivity contribution >= 4 is 44.8 Å². The van der Waals surface area contributed by atoms with Crippen molar-refractivity contribution in [2.24, 2.45) is 0 Å². The van der Waals surface area contributed by atoms with Crippen molar-refractivity contribution in [3.05, 3.63) is 52.3 Å². The summed E-state index contributed by atoms with van der Waals surface area (Å²) in [4.78, 5) is 16.0. The molecule has 2 aromatic rings. The van der Waals surface area contributed by atoms with Crippen LogP contribution in [0.5, 0.6) is 0 Å². The number of carbonyl (C=O) groups is 1. The van der Waals surface area contributed by atoms with Crippen LogP contribution in [-0.4, -0.2) is 37.7 Å². The van der Waals surface area contributed by atoms with Gasteiger partial charge < -0.3 is 5.32 Å². The van der Waals surface area contributed by atoms with E-state index in [-0.39, 0.29) is 20.5 Å². The van der Waals surface area contributed by atoms with Crippen molar-refractivity contribution in [1.82, 2.24) is 9.29 Å². The van der Waals surface area contributed by atoms with Gasteiger partial charge in [-0.25, -0.2) is 12.7 Å². The summed E-state index contributed by atoms with van der Waals surface area (Å²) in [7, 11) is -1.06. The van der Waals surface area contributed by atoms with Crippen molar-refractivity contribution in [2.45, 2.75) is 4.90 Å². The van der Waals surface area contributed by atoms with E-state index in [0.29, 0.717) is 5.69 Å². The number of amides is 1. The van der Waals surface area contributed by atoms with Gasteiger partial charge in [0.2, 0.25) is 10.0 Å². The maximum Gasteiger partial charge on any atom is 0.257 e. The van der Waals surface area contributed by atoms with Crippen LogP contribution in [0.3, 0.4) is 0 Å². The van der Waals surface area contributed by atoms with Crippen LogP contribution < -0.4 is 5.32 Å². The third kappa shape index (κ3) is 3.81. The van der Waals surface area contributed by atoms with Crippen LogP contribution >= 0.6 is 23.2 Å². The van der Waals surface area contributed by atoms with E-state index in [1.807, 2.05) is 0 Å². The van der Waals surface area contributed by atoms with E-state index < -0.39 is 15.9 Å². The van der Waals surface area contributed by atoms with Gasteiger partial charge in [-0.2, -0.15) is 0 Å². The third-order valence-electron chi connectivity index (χ3n) is 2.94. The molecular weight excluding hydrogens is 361 g/mol. The van der Waals surface area contributed by atoms with Crippen molar-refractivity contribution in [3.8, 4) is 0 Å². The van der Waals surface area contributed by atoms with Crippen molar-refractivity contribution < 1.29 is 13.2 Å². The summed E-state index contributed by atoms with van der Waals surface area (Å²) in [6.07, 6.45) is 3.02. The lowest BCUT2D eigenvalue weighted by Crippen LogP contribution is -2.23. The first kappa shape index (κ1) is 17.7. The number of halogens is 2. The quantitative estimate of drug-likeness (QED) is 0.893. The molecule has 0 aliphatic heterocycles. The van der Waals surface area contributed by atoms with Gasteiger partial charge in [-0.3, -0.25) is 9.78 Å². The number of hydrogen-bond acceptors (Lipinski definition) is 4. The Balaban J connectivity index is 2.45. The molecule has 0 atom stereocenters. The minimum absolute atomic E-state index is 0.000319. The van der Waals surface area contributed by atoms with Crippen LogP contribution in [-0.2, 0) is 10.0 Å². The zero-order valence-corrected chi connectivity index (χ0v) is 14.6. The van der Waals surface area contributed by atoms with Gasteiger partial charge in [0, 0.05) is 20.3 Å². The Morgan fingerprint density at radius 1 is 1.22 bits per heavy atom. The number of benzene rings is 1. The van der Waals surface area contributed by atoms with E-state index in [0.717, 1.165) is 10.4 Å². The first-order valence-electron chi connectivity index (χ1n) is 6.36. The molecule has 6 nitrogen and oxygen atoms in total. The van der Waals surface area contributed by atoms with Gasteiger partial charge in [0.05, 0.1) is 27.5 Å². The molecule has 0 bridgehead atoms. The second-order valence-corrected chi connectivity index (χ2v) is 7.68. The summed E-state index contributed by atoms with van der Waals surface area (Å²) >= 11 is 12.0. The highest BCUT2D eigenvalue weighted by Crippen LogP contribution is 2.30. The second kappa shape index (κ2) is 6.84. The van der Waals surface area contributed by atoms with Gasteiger partial charge in [0.1, 0.15) is 4.90 Å². The zero-order chi connectivity index (χ0) is 17.2. The number of rotatable bonds is 4. The predicted molar refractivity (Wildman–Crippen MR) is 89.5 cm³/mol. The average molecular weight is 374 g/mol. The second-order valence-electron chi connectivity index (χ2n) is 4.75. The number of carbonyl (C=O) groups excluding carboxylic acids is 1. The van der Waals surface area contributed by atoms with Gasteiger partial charge in [0.15, 0.2) is 0 Å². The average Bonchev–Trinajstić information content (AvgIpc) is 2.47. The third-order valence-corrected chi connectivity index (χ3v) is 5.54. The maximum absolute atomic E-state index is 12.3. The number of nitrogens with one attached hydrogen (secondary N) is 1. The number of anilines is 1. The molecule has 122 valence electrons. The maximum atomic E-state index is 12.3. The Kier molecular flexibility index (Phi) is 5.26. The molecule has 0 radical (unpaired) electrons. The molecule has 0 fully saturated rings. The molecule has 23 heavy (non-hydrogen) atoms. The standard InChI is InChI=1S/C14H13Cl2N3O3S/c1-19(2)23(21,22)13-6-10(11(15)7-12(13)16)14(20)18-9-4-3-5-17-8-9/h3-8H,1-2H3,(H,18,20). The van der Waals surface area contributed by atoms with E-state index in [9.17, 15) is 13.2 Å². The van der Waals surface area contributed by atoms with Crippen LogP contribution in [0.15, 0.2) is 41.6 Å². The topological polar surface area (TPSA) is 79.4 Å². The lowest BCUT2D eigenvalue weighted by Gasteiger charge is -2.15. The van der Waals surface area contributed by atoms with E-state index in [4.69, 9.17) is 23.2 Å². The smallest absolute Gasteiger partial charge is 0.257 e. The number of aromatic nitrogens is 1. The van der Waals surface area contributed by atoms with Gasteiger partial charge in [-0.15, -0.1) is 0 Å². The molecule has 0 aliphatic carbocycles. The molecule has 1 aromatic heterocycles. The van der Waals surface area contributed by atoms with Gasteiger partial charge >= 0.3 is 0 Å². The molecule has 9 heteroatoms. The number of nitrogens with zero attached hydrogens (tertiary/aromatic N) is 2. The molecule has 0 unspecified atom stereocenters. The summed E-state index contributed by atoms with van der Waals surface area (Å²) in [5, 5.41) is 2.59. The van der Waals surface area contributed by atoms with E-state index in [1.165, 1.54) is 26.4 Å². The fraction of sp³-hybridized carbons (Fsp3) is 0.143. The van der Waals surface area contributed by atoms with Crippen molar-refractivity contribution in [1.29, 1.82) is 0 Å². The summed E-state index contributed by atoms with van der Waals surface area (Å²) in [5.41, 5.74) is 0.459. The van der Waals surface area contributed by atoms with E-state index >= 15 is 0 Å². The Labute approximate surface area is 144 Å². The molecule has 0 saturated carbocycles. The number of pyridine rings is 1. The lowest BCUT2D eigenvalue weighted by molar-refractivity contribution is 0.102. The monoisotopic (exact) mass is 373 g/mol. The Morgan fingerprint density at radius 2 is 1.91 bits per heavy atom. The number of hydrogen-bond donors (Lipinski definition) is 1. The minimum atomic E-state index is -3.80. The SMILES string of the molecule is CN(C)S(=O)(=O)c1cc(C(=O)Nc2cccnc2)c(Cl)cc1Cl. The van der Waals surface area contributed by atoms with Crippen molar-refractivity contribution in [2.75, 3.05) is 19.4 Å². The normalized spacial score (nSPS) is 11.5. The van der Waals surface area contributed by atoms with E-state index in [1.54, 1.807) is 18.3 Å². The van der Waals surface area contributed by atoms with Crippen molar-refractivity contribution in [3.63, 3.8) is 0 Å². The molecule has 1 N–H and O–H groups in total. The molecule has 0 aliphatic rings. The predicted octanol–water partition coefficient (Wildman–Crippen LogP) is 2.89. The first-order chi connectivity index (χ1) is 10.7. The Bertz CT molecular complexity index is 840. The van der Waals surface area contributed by atoms with Crippen LogP contribution in [0, 0.1) is 0 Å². The summed E-state index contributed by atoms with van der Waals surface area (Å²) in [6.45, 7) is 0. The van der Waals surface area contributed by atoms with Crippen LogP contribution in [0.4, 0.5) is 5.69 Å². The molecule has 1 heterocycles. The largest absolute Gasteiger partial charge is 0.321 e. The summed E-state index contributed by atoms with van der Waals surface area (Å²) < 4.78 is 25.5. The van der Waals surface area contributed by atoms with Crippen LogP contribution in [0.25, 0.3) is 0 Å². The molecule has 0 saturated heterocycles. The summed E-state index contributed by atoms with van der Waals surface area (Å²) in [6, 6.07) is 5.69. The Hall–Kier alpha value is -1.67. The fourth-order valence-electron chi connectivity index (χ4n) is 1.73. The van der Waals surface area contributed by atoms with Crippen LogP contribution in [0.2, 0.25) is 10.0 Å².